The van der Waals surface area contributed by atoms with E-state index in [9.17, 15) is 4.79 Å². The van der Waals surface area contributed by atoms with Crippen molar-refractivity contribution < 1.29 is 4.79 Å². The molecular formula is C14H15N3OS. The molecule has 0 saturated carbocycles. The maximum atomic E-state index is 11.8. The summed E-state index contributed by atoms with van der Waals surface area (Å²) in [6, 6.07) is 9.30. The Labute approximate surface area is 116 Å². The molecule has 0 saturated heterocycles. The third-order valence-electron chi connectivity index (χ3n) is 2.57. The average molecular weight is 273 g/mol. The SMILES string of the molecule is CN(C)c1ccc(C(=O)N/N=C/c2ccsc2)cc1. The van der Waals surface area contributed by atoms with Crippen LogP contribution in [-0.4, -0.2) is 26.2 Å². The van der Waals surface area contributed by atoms with Crippen molar-refractivity contribution in [2.24, 2.45) is 5.10 Å². The van der Waals surface area contributed by atoms with Gasteiger partial charge in [-0.3, -0.25) is 4.79 Å². The van der Waals surface area contributed by atoms with E-state index in [0.717, 1.165) is 11.3 Å². The number of rotatable bonds is 4. The fourth-order valence-corrected chi connectivity index (χ4v) is 2.10. The van der Waals surface area contributed by atoms with Gasteiger partial charge in [0.05, 0.1) is 6.21 Å². The molecule has 2 rings (SSSR count). The first-order valence-corrected chi connectivity index (χ1v) is 6.74. The van der Waals surface area contributed by atoms with Gasteiger partial charge in [0.25, 0.3) is 5.91 Å². The molecule has 19 heavy (non-hydrogen) atoms. The van der Waals surface area contributed by atoms with Crippen LogP contribution in [0.2, 0.25) is 0 Å². The molecule has 0 aliphatic heterocycles. The Bertz CT molecular complexity index is 559. The van der Waals surface area contributed by atoms with Gasteiger partial charge >= 0.3 is 0 Å². The van der Waals surface area contributed by atoms with E-state index in [1.165, 1.54) is 0 Å². The zero-order valence-electron chi connectivity index (χ0n) is 10.8. The summed E-state index contributed by atoms with van der Waals surface area (Å²) in [4.78, 5) is 13.8. The van der Waals surface area contributed by atoms with Crippen LogP contribution >= 0.6 is 11.3 Å². The molecule has 4 nitrogen and oxygen atoms in total. The van der Waals surface area contributed by atoms with Gasteiger partial charge in [-0.1, -0.05) is 0 Å². The van der Waals surface area contributed by atoms with Crippen molar-refractivity contribution in [3.63, 3.8) is 0 Å². The van der Waals surface area contributed by atoms with Crippen molar-refractivity contribution in [2.75, 3.05) is 19.0 Å². The van der Waals surface area contributed by atoms with Gasteiger partial charge in [0, 0.05) is 30.9 Å². The van der Waals surface area contributed by atoms with Gasteiger partial charge in [-0.25, -0.2) is 5.43 Å². The van der Waals surface area contributed by atoms with Crippen LogP contribution in [0.25, 0.3) is 0 Å². The van der Waals surface area contributed by atoms with E-state index < -0.39 is 0 Å². The van der Waals surface area contributed by atoms with E-state index >= 15 is 0 Å². The number of benzene rings is 1. The number of hydrogen-bond donors (Lipinski definition) is 1. The van der Waals surface area contributed by atoms with Crippen molar-refractivity contribution in [1.82, 2.24) is 5.43 Å². The van der Waals surface area contributed by atoms with Crippen LogP contribution in [-0.2, 0) is 0 Å². The predicted molar refractivity (Wildman–Crippen MR) is 80.1 cm³/mol. The number of nitrogens with zero attached hydrogens (tertiary/aromatic N) is 2. The Morgan fingerprint density at radius 3 is 2.58 bits per heavy atom. The van der Waals surface area contributed by atoms with Crippen LogP contribution in [0.1, 0.15) is 15.9 Å². The normalized spacial score (nSPS) is 10.6. The minimum Gasteiger partial charge on any atom is -0.378 e. The van der Waals surface area contributed by atoms with E-state index in [1.807, 2.05) is 48.0 Å². The maximum Gasteiger partial charge on any atom is 0.271 e. The molecule has 1 aromatic carbocycles. The molecule has 0 unspecified atom stereocenters. The first kappa shape index (κ1) is 13.3. The summed E-state index contributed by atoms with van der Waals surface area (Å²) in [5.41, 5.74) is 5.13. The minimum absolute atomic E-state index is 0.211. The van der Waals surface area contributed by atoms with Gasteiger partial charge in [-0.15, -0.1) is 0 Å². The Kier molecular flexibility index (Phi) is 4.30. The largest absolute Gasteiger partial charge is 0.378 e. The molecule has 1 amide bonds. The van der Waals surface area contributed by atoms with E-state index in [1.54, 1.807) is 29.7 Å². The lowest BCUT2D eigenvalue weighted by Crippen LogP contribution is -2.17. The maximum absolute atomic E-state index is 11.8. The predicted octanol–water partition coefficient (Wildman–Crippen LogP) is 2.58. The van der Waals surface area contributed by atoms with Gasteiger partial charge in [-0.2, -0.15) is 16.4 Å². The minimum atomic E-state index is -0.211. The smallest absolute Gasteiger partial charge is 0.271 e. The molecule has 1 heterocycles. The quantitative estimate of drug-likeness (QED) is 0.687. The number of carbonyl (C=O) groups is 1. The lowest BCUT2D eigenvalue weighted by Gasteiger charge is -2.12. The molecule has 2 aromatic rings. The molecule has 5 heteroatoms. The summed E-state index contributed by atoms with van der Waals surface area (Å²) in [6.45, 7) is 0. The van der Waals surface area contributed by atoms with Crippen LogP contribution in [0.5, 0.6) is 0 Å². The zero-order chi connectivity index (χ0) is 13.7. The topological polar surface area (TPSA) is 44.7 Å². The number of nitrogens with one attached hydrogen (secondary N) is 1. The number of hydrazone groups is 1. The molecule has 0 bridgehead atoms. The molecule has 0 aliphatic carbocycles. The van der Waals surface area contributed by atoms with Gasteiger partial charge in [-0.05, 0) is 41.1 Å². The Hall–Kier alpha value is -2.14. The van der Waals surface area contributed by atoms with Crippen molar-refractivity contribution in [2.45, 2.75) is 0 Å². The summed E-state index contributed by atoms with van der Waals surface area (Å²) in [5.74, 6) is -0.211. The summed E-state index contributed by atoms with van der Waals surface area (Å²) in [6.07, 6.45) is 1.63. The fraction of sp³-hybridized carbons (Fsp3) is 0.143. The second-order valence-electron chi connectivity index (χ2n) is 4.20. The molecule has 1 N–H and O–H groups in total. The second-order valence-corrected chi connectivity index (χ2v) is 4.98. The van der Waals surface area contributed by atoms with Crippen molar-refractivity contribution >= 4 is 29.1 Å². The molecule has 0 radical (unpaired) electrons. The molecule has 98 valence electrons. The zero-order valence-corrected chi connectivity index (χ0v) is 11.6. The number of hydrogen-bond acceptors (Lipinski definition) is 4. The summed E-state index contributed by atoms with van der Waals surface area (Å²) < 4.78 is 0. The van der Waals surface area contributed by atoms with E-state index in [4.69, 9.17) is 0 Å². The van der Waals surface area contributed by atoms with E-state index in [-0.39, 0.29) is 5.91 Å². The summed E-state index contributed by atoms with van der Waals surface area (Å²) in [7, 11) is 3.92. The van der Waals surface area contributed by atoms with E-state index in [2.05, 4.69) is 10.5 Å². The van der Waals surface area contributed by atoms with Crippen LogP contribution in [0.15, 0.2) is 46.2 Å². The Morgan fingerprint density at radius 1 is 1.26 bits per heavy atom. The van der Waals surface area contributed by atoms with Gasteiger partial charge in [0.2, 0.25) is 0 Å². The van der Waals surface area contributed by atoms with Crippen LogP contribution in [0, 0.1) is 0 Å². The second kappa shape index (κ2) is 6.15. The lowest BCUT2D eigenvalue weighted by atomic mass is 10.2. The van der Waals surface area contributed by atoms with Crippen molar-refractivity contribution in [1.29, 1.82) is 0 Å². The Balaban J connectivity index is 1.96. The number of carbonyl (C=O) groups excluding carboxylic acids is 1. The fourth-order valence-electron chi connectivity index (χ4n) is 1.49. The third-order valence-corrected chi connectivity index (χ3v) is 3.27. The molecule has 0 fully saturated rings. The molecule has 1 aromatic heterocycles. The molecular weight excluding hydrogens is 258 g/mol. The van der Waals surface area contributed by atoms with Crippen LogP contribution in [0.4, 0.5) is 5.69 Å². The third kappa shape index (κ3) is 3.66. The highest BCUT2D eigenvalue weighted by atomic mass is 32.1. The first-order chi connectivity index (χ1) is 9.16. The van der Waals surface area contributed by atoms with Gasteiger partial charge in [0.1, 0.15) is 0 Å². The number of thiophene rings is 1. The van der Waals surface area contributed by atoms with Crippen molar-refractivity contribution in [3.05, 3.63) is 52.2 Å². The molecule has 0 aliphatic rings. The monoisotopic (exact) mass is 273 g/mol. The Morgan fingerprint density at radius 2 is 2.00 bits per heavy atom. The van der Waals surface area contributed by atoms with Gasteiger partial charge < -0.3 is 4.90 Å². The molecule has 0 atom stereocenters. The van der Waals surface area contributed by atoms with Crippen molar-refractivity contribution in [3.8, 4) is 0 Å². The van der Waals surface area contributed by atoms with Gasteiger partial charge in [0.15, 0.2) is 0 Å². The van der Waals surface area contributed by atoms with Crippen LogP contribution < -0.4 is 10.3 Å². The average Bonchev–Trinajstić information content (AvgIpc) is 2.92. The first-order valence-electron chi connectivity index (χ1n) is 5.80. The molecule has 0 spiro atoms. The number of amides is 1. The summed E-state index contributed by atoms with van der Waals surface area (Å²) in [5, 5.41) is 7.84. The lowest BCUT2D eigenvalue weighted by molar-refractivity contribution is 0.0955. The van der Waals surface area contributed by atoms with E-state index in [0.29, 0.717) is 5.56 Å². The highest BCUT2D eigenvalue weighted by molar-refractivity contribution is 7.08. The highest BCUT2D eigenvalue weighted by Gasteiger charge is 2.04. The van der Waals surface area contributed by atoms with Crippen LogP contribution in [0.3, 0.4) is 0 Å². The number of anilines is 1. The standard InChI is InChI=1S/C14H15N3OS/c1-17(2)13-5-3-12(4-6-13)14(18)16-15-9-11-7-8-19-10-11/h3-10H,1-2H3,(H,16,18)/b15-9+. The highest BCUT2D eigenvalue weighted by Crippen LogP contribution is 2.12. The summed E-state index contributed by atoms with van der Waals surface area (Å²) >= 11 is 1.59.